The van der Waals surface area contributed by atoms with Gasteiger partial charge in [0.25, 0.3) is 0 Å². The molecule has 2 aromatic carbocycles. The van der Waals surface area contributed by atoms with Gasteiger partial charge in [0.15, 0.2) is 19.8 Å². The van der Waals surface area contributed by atoms with Crippen LogP contribution in [0.1, 0.15) is 59.4 Å². The molecule has 4 rings (SSSR count). The second kappa shape index (κ2) is 14.1. The van der Waals surface area contributed by atoms with Crippen molar-refractivity contribution in [1.29, 1.82) is 0 Å². The van der Waals surface area contributed by atoms with E-state index >= 15 is 0 Å². The fourth-order valence-corrected chi connectivity index (χ4v) is 6.60. The Kier molecular flexibility index (Phi) is 10.9. The Hall–Kier alpha value is -3.58. The first-order valence-corrected chi connectivity index (χ1v) is 19.3. The van der Waals surface area contributed by atoms with Crippen LogP contribution in [0.5, 0.6) is 11.5 Å². The second-order valence-electron chi connectivity index (χ2n) is 14.9. The van der Waals surface area contributed by atoms with Gasteiger partial charge >= 0.3 is 12.1 Å². The number of piperidine rings is 1. The molecule has 13 heteroatoms. The quantitative estimate of drug-likeness (QED) is 0.170. The molecule has 1 fully saturated rings. The second-order valence-corrected chi connectivity index (χ2v) is 20.1. The molecule has 3 N–H and O–H groups in total. The number of halogens is 1. The number of hydrogen-bond donors (Lipinski definition) is 3. The Morgan fingerprint density at radius 1 is 1.10 bits per heavy atom. The minimum Gasteiger partial charge on any atom is -0.507 e. The smallest absolute Gasteiger partial charge is 0.408 e. The average molecular weight is 703 g/mol. The molecule has 11 nitrogen and oxygen atoms in total. The van der Waals surface area contributed by atoms with Crippen molar-refractivity contribution >= 4 is 43.0 Å². The van der Waals surface area contributed by atoms with Crippen LogP contribution >= 0.6 is 11.6 Å². The molecule has 0 saturated carbocycles. The van der Waals surface area contributed by atoms with Gasteiger partial charge in [-0.25, -0.2) is 9.59 Å². The number of aromatic hydroxyl groups is 2. The number of hydrogen-bond acceptors (Lipinski definition) is 10. The predicted molar refractivity (Wildman–Crippen MR) is 187 cm³/mol. The number of alkyl carbamates (subject to hydrolysis) is 1. The van der Waals surface area contributed by atoms with Crippen molar-refractivity contribution in [3.63, 3.8) is 0 Å². The molecule has 1 saturated heterocycles. The number of nitrogens with one attached hydrogen (secondary N) is 1. The number of ether oxygens (including phenoxy) is 2. The Balaban J connectivity index is 1.75. The standard InChI is InChI=1S/C35H47ClN2O9Si/c1-34(2,3)47-33(43)37-23(19-44-48(8,9)35(4,5)6)32(42)46-28-18-38(7)15-14-21(28)29-24(39)16-25(40)30-26(41)17-27(45-31(29)30)20-12-10-11-13-22(20)36/h10-13,16-17,21,23,28,39-40H,14-15,18-19H2,1-9H3,(H,37,43)/t21-,23?,28+/m0/s1. The van der Waals surface area contributed by atoms with Crippen molar-refractivity contribution < 1.29 is 38.1 Å². The van der Waals surface area contributed by atoms with E-state index in [-0.39, 0.29) is 46.2 Å². The molecule has 1 unspecified atom stereocenters. The highest BCUT2D eigenvalue weighted by Gasteiger charge is 2.41. The van der Waals surface area contributed by atoms with Crippen LogP contribution in [0.2, 0.25) is 23.2 Å². The van der Waals surface area contributed by atoms with Crippen molar-refractivity contribution in [3.8, 4) is 22.8 Å². The van der Waals surface area contributed by atoms with E-state index in [0.29, 0.717) is 23.6 Å². The summed E-state index contributed by atoms with van der Waals surface area (Å²) < 4.78 is 24.1. The molecule has 3 atom stereocenters. The molecular formula is C35H47ClN2O9Si. The number of carbonyl (C=O) groups is 2. The Labute approximate surface area is 287 Å². The molecule has 1 amide bonds. The Morgan fingerprint density at radius 3 is 2.40 bits per heavy atom. The molecule has 48 heavy (non-hydrogen) atoms. The van der Waals surface area contributed by atoms with Crippen LogP contribution < -0.4 is 10.7 Å². The van der Waals surface area contributed by atoms with Gasteiger partial charge in [0.2, 0.25) is 0 Å². The van der Waals surface area contributed by atoms with E-state index in [1.54, 1.807) is 45.0 Å². The van der Waals surface area contributed by atoms with E-state index in [1.165, 1.54) is 6.07 Å². The summed E-state index contributed by atoms with van der Waals surface area (Å²) >= 11 is 6.42. The molecule has 262 valence electrons. The van der Waals surface area contributed by atoms with E-state index < -0.39 is 55.2 Å². The van der Waals surface area contributed by atoms with Crippen molar-refractivity contribution in [2.24, 2.45) is 0 Å². The number of carbonyl (C=O) groups excluding carboxylic acids is 2. The van der Waals surface area contributed by atoms with Gasteiger partial charge in [0.05, 0.1) is 11.6 Å². The lowest BCUT2D eigenvalue weighted by Crippen LogP contribution is -2.52. The van der Waals surface area contributed by atoms with Crippen LogP contribution in [-0.4, -0.2) is 80.0 Å². The van der Waals surface area contributed by atoms with Gasteiger partial charge in [-0.05, 0) is 71.0 Å². The number of likely N-dealkylation sites (tertiary alicyclic amines) is 1. The number of fused-ring (bicyclic) bond motifs is 1. The van der Waals surface area contributed by atoms with Crippen molar-refractivity contribution in [1.82, 2.24) is 10.2 Å². The SMILES string of the molecule is CN1CC[C@H](c2c(O)cc(O)c3c(=O)cc(-c4ccccc4Cl)oc23)[C@H](OC(=O)C(CO[Si](C)(C)C(C)(C)C)NC(=O)OC(C)(C)C)C1. The van der Waals surface area contributed by atoms with E-state index in [1.807, 2.05) is 25.0 Å². The fraction of sp³-hybridized carbons (Fsp3) is 0.514. The monoisotopic (exact) mass is 702 g/mol. The molecule has 0 aliphatic carbocycles. The van der Waals surface area contributed by atoms with Gasteiger partial charge in [-0.15, -0.1) is 0 Å². The normalized spacial score (nSPS) is 18.4. The summed E-state index contributed by atoms with van der Waals surface area (Å²) in [4.78, 5) is 42.1. The number of esters is 1. The minimum atomic E-state index is -2.34. The lowest BCUT2D eigenvalue weighted by atomic mass is 9.85. The molecule has 3 aromatic rings. The van der Waals surface area contributed by atoms with Crippen LogP contribution in [0.15, 0.2) is 45.6 Å². The van der Waals surface area contributed by atoms with Crippen LogP contribution in [0.4, 0.5) is 4.79 Å². The first kappa shape index (κ1) is 37.2. The largest absolute Gasteiger partial charge is 0.507 e. The molecule has 0 radical (unpaired) electrons. The number of likely N-dealkylation sites (N-methyl/N-ethyl adjacent to an activating group) is 1. The number of amides is 1. The zero-order valence-electron chi connectivity index (χ0n) is 29.1. The van der Waals surface area contributed by atoms with Crippen LogP contribution in [-0.2, 0) is 18.7 Å². The van der Waals surface area contributed by atoms with Gasteiger partial charge in [-0.1, -0.05) is 44.5 Å². The maximum Gasteiger partial charge on any atom is 0.408 e. The first-order valence-electron chi connectivity index (χ1n) is 16.0. The summed E-state index contributed by atoms with van der Waals surface area (Å²) in [6.45, 7) is 16.2. The number of benzene rings is 2. The van der Waals surface area contributed by atoms with E-state index in [2.05, 4.69) is 26.1 Å². The third kappa shape index (κ3) is 8.52. The third-order valence-electron chi connectivity index (χ3n) is 8.93. The third-order valence-corrected chi connectivity index (χ3v) is 13.8. The highest BCUT2D eigenvalue weighted by Crippen LogP contribution is 2.44. The average Bonchev–Trinajstić information content (AvgIpc) is 2.94. The molecule has 0 bridgehead atoms. The van der Waals surface area contributed by atoms with E-state index in [9.17, 15) is 24.6 Å². The summed E-state index contributed by atoms with van der Waals surface area (Å²) in [5.41, 5.74) is -0.698. The van der Waals surface area contributed by atoms with Crippen LogP contribution in [0, 0.1) is 0 Å². The Bertz CT molecular complexity index is 1730. The van der Waals surface area contributed by atoms with Gasteiger partial charge in [-0.3, -0.25) is 4.79 Å². The predicted octanol–water partition coefficient (Wildman–Crippen LogP) is 6.77. The van der Waals surface area contributed by atoms with E-state index in [4.69, 9.17) is 29.9 Å². The summed E-state index contributed by atoms with van der Waals surface area (Å²) in [6, 6.07) is 7.98. The molecular weight excluding hydrogens is 656 g/mol. The van der Waals surface area contributed by atoms with Crippen molar-refractivity contribution in [2.45, 2.75) is 89.8 Å². The molecule has 1 aliphatic heterocycles. The first-order chi connectivity index (χ1) is 22.2. The highest BCUT2D eigenvalue weighted by atomic mass is 35.5. The zero-order chi connectivity index (χ0) is 35.8. The van der Waals surface area contributed by atoms with Gasteiger partial charge < -0.3 is 38.7 Å². The van der Waals surface area contributed by atoms with Crippen LogP contribution in [0.25, 0.3) is 22.3 Å². The maximum absolute atomic E-state index is 13.9. The number of phenolic OH excluding ortho intramolecular Hbond substituents is 2. The highest BCUT2D eigenvalue weighted by molar-refractivity contribution is 6.74. The maximum atomic E-state index is 13.9. The molecule has 1 aliphatic rings. The number of phenols is 2. The Morgan fingerprint density at radius 2 is 1.77 bits per heavy atom. The molecule has 1 aromatic heterocycles. The molecule has 0 spiro atoms. The van der Waals surface area contributed by atoms with Gasteiger partial charge in [0.1, 0.15) is 39.9 Å². The number of nitrogens with zero attached hydrogens (tertiary/aromatic N) is 1. The zero-order valence-corrected chi connectivity index (χ0v) is 30.9. The van der Waals surface area contributed by atoms with Gasteiger partial charge in [0, 0.05) is 35.7 Å². The summed E-state index contributed by atoms with van der Waals surface area (Å²) in [5.74, 6) is -2.02. The minimum absolute atomic E-state index is 0.0322. The summed E-state index contributed by atoms with van der Waals surface area (Å²) in [7, 11) is -0.470. The number of rotatable bonds is 8. The van der Waals surface area contributed by atoms with Crippen molar-refractivity contribution in [3.05, 3.63) is 57.2 Å². The van der Waals surface area contributed by atoms with E-state index in [0.717, 1.165) is 6.07 Å². The lowest BCUT2D eigenvalue weighted by Gasteiger charge is -2.38. The topological polar surface area (TPSA) is 148 Å². The summed E-state index contributed by atoms with van der Waals surface area (Å²) in [6.07, 6.45) is -1.23. The lowest BCUT2D eigenvalue weighted by molar-refractivity contribution is -0.156. The fourth-order valence-electron chi connectivity index (χ4n) is 5.35. The summed E-state index contributed by atoms with van der Waals surface area (Å²) in [5, 5.41) is 24.7. The van der Waals surface area contributed by atoms with Gasteiger partial charge in [-0.2, -0.15) is 0 Å². The van der Waals surface area contributed by atoms with Crippen molar-refractivity contribution in [2.75, 3.05) is 26.7 Å². The van der Waals surface area contributed by atoms with Crippen LogP contribution in [0.3, 0.4) is 0 Å². The molecule has 2 heterocycles.